The highest BCUT2D eigenvalue weighted by Crippen LogP contribution is 2.46. The van der Waals surface area contributed by atoms with Crippen LogP contribution in [0.25, 0.3) is 5.57 Å². The van der Waals surface area contributed by atoms with Crippen LogP contribution in [0.15, 0.2) is 43.0 Å². The summed E-state index contributed by atoms with van der Waals surface area (Å²) in [6.45, 7) is 6.11. The van der Waals surface area contributed by atoms with E-state index in [-0.39, 0.29) is 5.54 Å². The van der Waals surface area contributed by atoms with E-state index in [1.165, 1.54) is 43.2 Å². The predicted octanol–water partition coefficient (Wildman–Crippen LogP) is 5.32. The first-order chi connectivity index (χ1) is 10.3. The first-order valence-corrected chi connectivity index (χ1v) is 8.46. The molecule has 0 bridgehead atoms. The van der Waals surface area contributed by atoms with E-state index in [4.69, 9.17) is 11.6 Å². The smallest absolute Gasteiger partial charge is 0.0466 e. The average Bonchev–Trinajstić information content (AvgIpc) is 2.52. The summed E-state index contributed by atoms with van der Waals surface area (Å²) >= 11 is 6.06. The summed E-state index contributed by atoms with van der Waals surface area (Å²) in [5.74, 6) is 0. The Morgan fingerprint density at radius 1 is 1.14 bits per heavy atom. The molecule has 1 spiro atoms. The third kappa shape index (κ3) is 2.82. The Morgan fingerprint density at radius 2 is 1.86 bits per heavy atom. The van der Waals surface area contributed by atoms with E-state index in [2.05, 4.69) is 35.8 Å². The Kier molecular flexibility index (Phi) is 4.51. The Morgan fingerprint density at radius 3 is 2.52 bits per heavy atom. The van der Waals surface area contributed by atoms with Gasteiger partial charge < -0.3 is 0 Å². The second kappa shape index (κ2) is 6.37. The van der Waals surface area contributed by atoms with Crippen molar-refractivity contribution in [3.05, 3.63) is 53.6 Å². The van der Waals surface area contributed by atoms with Gasteiger partial charge in [-0.15, -0.1) is 6.58 Å². The van der Waals surface area contributed by atoms with E-state index in [9.17, 15) is 0 Å². The van der Waals surface area contributed by atoms with Crippen LogP contribution in [0, 0.1) is 0 Å². The second-order valence-electron chi connectivity index (χ2n) is 6.24. The summed E-state index contributed by atoms with van der Waals surface area (Å²) in [6.07, 6.45) is 12.2. The summed E-state index contributed by atoms with van der Waals surface area (Å²) in [5.41, 5.74) is 3.08. The van der Waals surface area contributed by atoms with Gasteiger partial charge in [0, 0.05) is 23.7 Å². The molecule has 1 aliphatic carbocycles. The number of rotatable bonds is 3. The van der Waals surface area contributed by atoms with E-state index in [0.717, 1.165) is 24.5 Å². The van der Waals surface area contributed by atoms with Gasteiger partial charge in [0.15, 0.2) is 0 Å². The summed E-state index contributed by atoms with van der Waals surface area (Å²) in [6, 6.07) is 8.39. The molecule has 1 aromatic rings. The highest BCUT2D eigenvalue weighted by atomic mass is 35.5. The molecule has 0 aromatic heterocycles. The van der Waals surface area contributed by atoms with Gasteiger partial charge in [0.25, 0.3) is 0 Å². The van der Waals surface area contributed by atoms with E-state index in [0.29, 0.717) is 0 Å². The maximum absolute atomic E-state index is 6.06. The van der Waals surface area contributed by atoms with Crippen LogP contribution in [0.5, 0.6) is 0 Å². The zero-order chi connectivity index (χ0) is 14.7. The van der Waals surface area contributed by atoms with Crippen LogP contribution in [0.1, 0.15) is 44.1 Å². The zero-order valence-corrected chi connectivity index (χ0v) is 13.4. The van der Waals surface area contributed by atoms with Crippen LogP contribution in [-0.4, -0.2) is 23.5 Å². The molecule has 1 saturated carbocycles. The van der Waals surface area contributed by atoms with Crippen molar-refractivity contribution in [2.24, 2.45) is 0 Å². The van der Waals surface area contributed by atoms with Gasteiger partial charge in [-0.3, -0.25) is 4.90 Å². The van der Waals surface area contributed by atoms with E-state index >= 15 is 0 Å². The number of halogens is 1. The van der Waals surface area contributed by atoms with Crippen molar-refractivity contribution in [3.63, 3.8) is 0 Å². The van der Waals surface area contributed by atoms with Gasteiger partial charge in [0.2, 0.25) is 0 Å². The summed E-state index contributed by atoms with van der Waals surface area (Å²) in [5, 5.41) is 0.816. The standard InChI is InChI=1S/C19H24ClN/c1-2-14-21-15-6-7-18(16-8-10-17(20)11-9-16)19(21)12-4-3-5-13-19/h2,7-11H,1,3-6,12-15H2. The number of nitrogens with zero attached hydrogens (tertiary/aromatic N) is 1. The SMILES string of the molecule is C=CCN1CCC=C(c2ccc(Cl)cc2)C12CCCCC2. The molecule has 0 radical (unpaired) electrons. The van der Waals surface area contributed by atoms with Gasteiger partial charge in [0.1, 0.15) is 0 Å². The summed E-state index contributed by atoms with van der Waals surface area (Å²) in [4.78, 5) is 2.66. The van der Waals surface area contributed by atoms with Crippen LogP contribution < -0.4 is 0 Å². The van der Waals surface area contributed by atoms with Crippen molar-refractivity contribution >= 4 is 17.2 Å². The van der Waals surface area contributed by atoms with Crippen LogP contribution in [-0.2, 0) is 0 Å². The third-order valence-corrected chi connectivity index (χ3v) is 5.29. The summed E-state index contributed by atoms with van der Waals surface area (Å²) in [7, 11) is 0. The Hall–Kier alpha value is -1.05. The molecule has 1 aromatic carbocycles. The van der Waals surface area contributed by atoms with Crippen LogP contribution in [0.3, 0.4) is 0 Å². The van der Waals surface area contributed by atoms with Crippen LogP contribution >= 0.6 is 11.6 Å². The quantitative estimate of drug-likeness (QED) is 0.683. The van der Waals surface area contributed by atoms with Crippen LogP contribution in [0.4, 0.5) is 0 Å². The minimum absolute atomic E-state index is 0.221. The fourth-order valence-electron chi connectivity index (χ4n) is 4.10. The molecule has 2 heteroatoms. The zero-order valence-electron chi connectivity index (χ0n) is 12.7. The third-order valence-electron chi connectivity index (χ3n) is 5.04. The van der Waals surface area contributed by atoms with Crippen molar-refractivity contribution in [3.8, 4) is 0 Å². The number of hydrogen-bond donors (Lipinski definition) is 0. The molecular formula is C19H24ClN. The molecule has 1 fully saturated rings. The number of benzene rings is 1. The predicted molar refractivity (Wildman–Crippen MR) is 91.6 cm³/mol. The molecule has 0 atom stereocenters. The molecule has 0 unspecified atom stereocenters. The van der Waals surface area contributed by atoms with Crippen molar-refractivity contribution in [2.75, 3.05) is 13.1 Å². The average molecular weight is 302 g/mol. The Labute approximate surface area is 133 Å². The lowest BCUT2D eigenvalue weighted by molar-refractivity contribution is 0.108. The summed E-state index contributed by atoms with van der Waals surface area (Å²) < 4.78 is 0. The van der Waals surface area contributed by atoms with Gasteiger partial charge in [-0.25, -0.2) is 0 Å². The van der Waals surface area contributed by atoms with Gasteiger partial charge in [0.05, 0.1) is 0 Å². The molecule has 21 heavy (non-hydrogen) atoms. The first kappa shape index (κ1) is 14.9. The van der Waals surface area contributed by atoms with E-state index < -0.39 is 0 Å². The highest BCUT2D eigenvalue weighted by molar-refractivity contribution is 6.30. The molecule has 1 aliphatic heterocycles. The van der Waals surface area contributed by atoms with Crippen molar-refractivity contribution in [2.45, 2.75) is 44.1 Å². The van der Waals surface area contributed by atoms with Crippen LogP contribution in [0.2, 0.25) is 5.02 Å². The van der Waals surface area contributed by atoms with Crippen molar-refractivity contribution in [1.29, 1.82) is 0 Å². The highest BCUT2D eigenvalue weighted by Gasteiger charge is 2.42. The Bertz CT molecular complexity index is 523. The van der Waals surface area contributed by atoms with Crippen molar-refractivity contribution in [1.82, 2.24) is 4.90 Å². The molecule has 1 heterocycles. The molecule has 0 amide bonds. The topological polar surface area (TPSA) is 3.24 Å². The van der Waals surface area contributed by atoms with Gasteiger partial charge >= 0.3 is 0 Å². The lowest BCUT2D eigenvalue weighted by Gasteiger charge is -2.50. The Balaban J connectivity index is 2.01. The van der Waals surface area contributed by atoms with E-state index in [1.807, 2.05) is 12.1 Å². The maximum atomic E-state index is 6.06. The van der Waals surface area contributed by atoms with Crippen molar-refractivity contribution < 1.29 is 0 Å². The molecule has 112 valence electrons. The maximum Gasteiger partial charge on any atom is 0.0466 e. The molecule has 2 aliphatic rings. The largest absolute Gasteiger partial charge is 0.290 e. The minimum Gasteiger partial charge on any atom is -0.290 e. The minimum atomic E-state index is 0.221. The van der Waals surface area contributed by atoms with E-state index in [1.54, 1.807) is 0 Å². The number of hydrogen-bond acceptors (Lipinski definition) is 1. The lowest BCUT2D eigenvalue weighted by atomic mass is 9.71. The fourth-order valence-corrected chi connectivity index (χ4v) is 4.23. The molecule has 0 saturated heterocycles. The first-order valence-electron chi connectivity index (χ1n) is 8.09. The monoisotopic (exact) mass is 301 g/mol. The molecule has 0 N–H and O–H groups in total. The van der Waals surface area contributed by atoms with Gasteiger partial charge in [-0.05, 0) is 42.5 Å². The lowest BCUT2D eigenvalue weighted by Crippen LogP contribution is -2.53. The second-order valence-corrected chi connectivity index (χ2v) is 6.68. The van der Waals surface area contributed by atoms with Gasteiger partial charge in [-0.2, -0.15) is 0 Å². The normalized spacial score (nSPS) is 22.0. The fraction of sp³-hybridized carbons (Fsp3) is 0.474. The molecular weight excluding hydrogens is 278 g/mol. The molecule has 3 rings (SSSR count). The van der Waals surface area contributed by atoms with Gasteiger partial charge in [-0.1, -0.05) is 55.1 Å². The molecule has 1 nitrogen and oxygen atoms in total.